The number of hydrogen-bond donors (Lipinski definition) is 1. The van der Waals surface area contributed by atoms with Crippen LogP contribution in [-0.4, -0.2) is 29.2 Å². The van der Waals surface area contributed by atoms with Gasteiger partial charge in [0.05, 0.1) is 11.5 Å². The molecular formula is C13H18N2O3. The molecule has 0 aliphatic heterocycles. The van der Waals surface area contributed by atoms with Crippen LogP contribution in [0.4, 0.5) is 11.4 Å². The number of non-ortho nitro benzene ring substituents is 1. The second-order valence-corrected chi connectivity index (χ2v) is 4.63. The van der Waals surface area contributed by atoms with Gasteiger partial charge in [0, 0.05) is 30.4 Å². The largest absolute Gasteiger partial charge is 0.395 e. The van der Waals surface area contributed by atoms with Crippen LogP contribution in [0.25, 0.3) is 0 Å². The van der Waals surface area contributed by atoms with Crippen molar-refractivity contribution in [1.82, 2.24) is 0 Å². The third-order valence-corrected chi connectivity index (χ3v) is 3.50. The number of nitrogens with zero attached hydrogens (tertiary/aromatic N) is 2. The Kier molecular flexibility index (Phi) is 4.15. The van der Waals surface area contributed by atoms with E-state index < -0.39 is 4.92 Å². The van der Waals surface area contributed by atoms with Gasteiger partial charge in [-0.05, 0) is 25.0 Å². The molecule has 1 N–H and O–H groups in total. The van der Waals surface area contributed by atoms with E-state index >= 15 is 0 Å². The van der Waals surface area contributed by atoms with Gasteiger partial charge in [-0.2, -0.15) is 0 Å². The molecule has 0 atom stereocenters. The summed E-state index contributed by atoms with van der Waals surface area (Å²) in [6.07, 6.45) is 4.72. The van der Waals surface area contributed by atoms with Gasteiger partial charge < -0.3 is 10.0 Å². The summed E-state index contributed by atoms with van der Waals surface area (Å²) in [5, 5.41) is 19.8. The zero-order valence-electron chi connectivity index (χ0n) is 10.3. The molecule has 0 amide bonds. The number of anilines is 1. The van der Waals surface area contributed by atoms with Gasteiger partial charge in [-0.25, -0.2) is 0 Å². The third kappa shape index (κ3) is 2.79. The second-order valence-electron chi connectivity index (χ2n) is 4.63. The van der Waals surface area contributed by atoms with Crippen LogP contribution in [0.3, 0.4) is 0 Å². The molecular weight excluding hydrogens is 232 g/mol. The Hall–Kier alpha value is -1.62. The number of aliphatic hydroxyl groups excluding tert-OH is 1. The maximum Gasteiger partial charge on any atom is 0.269 e. The molecule has 0 spiro atoms. The smallest absolute Gasteiger partial charge is 0.269 e. The summed E-state index contributed by atoms with van der Waals surface area (Å²) in [6.45, 7) is 0.690. The van der Waals surface area contributed by atoms with Gasteiger partial charge in [0.2, 0.25) is 0 Å². The van der Waals surface area contributed by atoms with E-state index in [9.17, 15) is 10.1 Å². The van der Waals surface area contributed by atoms with Crippen LogP contribution >= 0.6 is 0 Å². The number of nitro groups is 1. The summed E-state index contributed by atoms with van der Waals surface area (Å²) in [7, 11) is 0. The van der Waals surface area contributed by atoms with Gasteiger partial charge in [0.1, 0.15) is 0 Å². The maximum absolute atomic E-state index is 10.6. The first-order valence-electron chi connectivity index (χ1n) is 6.34. The molecule has 5 nitrogen and oxygen atoms in total. The third-order valence-electron chi connectivity index (χ3n) is 3.50. The van der Waals surface area contributed by atoms with Crippen molar-refractivity contribution in [3.63, 3.8) is 0 Å². The molecule has 1 aliphatic rings. The van der Waals surface area contributed by atoms with Crippen molar-refractivity contribution in [2.24, 2.45) is 0 Å². The highest BCUT2D eigenvalue weighted by Gasteiger charge is 2.22. The maximum atomic E-state index is 10.6. The lowest BCUT2D eigenvalue weighted by Crippen LogP contribution is -2.35. The Bertz CT molecular complexity index is 399. The van der Waals surface area contributed by atoms with E-state index in [1.807, 2.05) is 0 Å². The monoisotopic (exact) mass is 250 g/mol. The highest BCUT2D eigenvalue weighted by Crippen LogP contribution is 2.29. The van der Waals surface area contributed by atoms with E-state index in [2.05, 4.69) is 4.90 Å². The normalized spacial score (nSPS) is 15.8. The van der Waals surface area contributed by atoms with Crippen molar-refractivity contribution >= 4 is 11.4 Å². The van der Waals surface area contributed by atoms with E-state index in [-0.39, 0.29) is 12.3 Å². The van der Waals surface area contributed by atoms with Crippen LogP contribution in [0.15, 0.2) is 24.3 Å². The first kappa shape index (κ1) is 12.8. The van der Waals surface area contributed by atoms with E-state index in [1.54, 1.807) is 12.1 Å². The molecule has 2 rings (SSSR count). The SMILES string of the molecule is O=[N+]([O-])c1ccc(N(CCO)C2CCCC2)cc1. The van der Waals surface area contributed by atoms with Crippen LogP contribution < -0.4 is 4.90 Å². The fourth-order valence-corrected chi connectivity index (χ4v) is 2.61. The Morgan fingerprint density at radius 1 is 1.28 bits per heavy atom. The van der Waals surface area contributed by atoms with Gasteiger partial charge in [-0.3, -0.25) is 10.1 Å². The molecule has 1 saturated carbocycles. The van der Waals surface area contributed by atoms with Gasteiger partial charge in [0.15, 0.2) is 0 Å². The lowest BCUT2D eigenvalue weighted by Gasteiger charge is -2.30. The molecule has 1 aromatic rings. The number of benzene rings is 1. The topological polar surface area (TPSA) is 66.6 Å². The van der Waals surface area contributed by atoms with Crippen LogP contribution in [0, 0.1) is 10.1 Å². The van der Waals surface area contributed by atoms with E-state index in [1.165, 1.54) is 25.0 Å². The number of aliphatic hydroxyl groups is 1. The highest BCUT2D eigenvalue weighted by molar-refractivity contribution is 5.51. The minimum Gasteiger partial charge on any atom is -0.395 e. The van der Waals surface area contributed by atoms with Crippen molar-refractivity contribution in [3.8, 4) is 0 Å². The lowest BCUT2D eigenvalue weighted by atomic mass is 10.1. The van der Waals surface area contributed by atoms with Gasteiger partial charge >= 0.3 is 0 Å². The molecule has 1 fully saturated rings. The van der Waals surface area contributed by atoms with Crippen LogP contribution in [0.2, 0.25) is 0 Å². The van der Waals surface area contributed by atoms with Crippen LogP contribution in [0.5, 0.6) is 0 Å². The van der Waals surface area contributed by atoms with Crippen molar-refractivity contribution < 1.29 is 10.0 Å². The Balaban J connectivity index is 2.16. The van der Waals surface area contributed by atoms with Crippen molar-refractivity contribution in [3.05, 3.63) is 34.4 Å². The summed E-state index contributed by atoms with van der Waals surface area (Å²) in [6, 6.07) is 7.04. The fraction of sp³-hybridized carbons (Fsp3) is 0.538. The minimum absolute atomic E-state index is 0.105. The number of hydrogen-bond acceptors (Lipinski definition) is 4. The molecule has 0 radical (unpaired) electrons. The molecule has 98 valence electrons. The quantitative estimate of drug-likeness (QED) is 0.643. The number of rotatable bonds is 5. The molecule has 0 bridgehead atoms. The van der Waals surface area contributed by atoms with Crippen molar-refractivity contribution in [2.45, 2.75) is 31.7 Å². The zero-order chi connectivity index (χ0) is 13.0. The highest BCUT2D eigenvalue weighted by atomic mass is 16.6. The molecule has 0 unspecified atom stereocenters. The Morgan fingerprint density at radius 3 is 2.39 bits per heavy atom. The minimum atomic E-state index is -0.393. The first-order chi connectivity index (χ1) is 8.72. The number of nitro benzene ring substituents is 1. The zero-order valence-corrected chi connectivity index (χ0v) is 10.3. The van der Waals surface area contributed by atoms with E-state index in [0.717, 1.165) is 18.5 Å². The summed E-state index contributed by atoms with van der Waals surface area (Å²) in [5.74, 6) is 0. The molecule has 0 heterocycles. The van der Waals surface area contributed by atoms with Crippen LogP contribution in [-0.2, 0) is 0 Å². The Labute approximate surface area is 106 Å². The molecule has 0 aromatic heterocycles. The Morgan fingerprint density at radius 2 is 1.89 bits per heavy atom. The molecule has 0 saturated heterocycles. The predicted octanol–water partition coefficient (Wildman–Crippen LogP) is 2.34. The summed E-state index contributed by atoms with van der Waals surface area (Å²) in [4.78, 5) is 12.4. The average molecular weight is 250 g/mol. The van der Waals surface area contributed by atoms with Crippen LogP contribution in [0.1, 0.15) is 25.7 Å². The average Bonchev–Trinajstić information content (AvgIpc) is 2.90. The standard InChI is InChI=1S/C13H18N2O3/c16-10-9-14(11-3-1-2-4-11)12-5-7-13(8-6-12)15(17)18/h5-8,11,16H,1-4,9-10H2. The van der Waals surface area contributed by atoms with Gasteiger partial charge in [0.25, 0.3) is 5.69 Å². The first-order valence-corrected chi connectivity index (χ1v) is 6.34. The lowest BCUT2D eigenvalue weighted by molar-refractivity contribution is -0.384. The van der Waals surface area contributed by atoms with Crippen molar-refractivity contribution in [2.75, 3.05) is 18.1 Å². The van der Waals surface area contributed by atoms with Gasteiger partial charge in [-0.1, -0.05) is 12.8 Å². The fourth-order valence-electron chi connectivity index (χ4n) is 2.61. The van der Waals surface area contributed by atoms with E-state index in [4.69, 9.17) is 5.11 Å². The molecule has 1 aliphatic carbocycles. The summed E-state index contributed by atoms with van der Waals surface area (Å²) in [5.41, 5.74) is 1.07. The molecule has 1 aromatic carbocycles. The summed E-state index contributed by atoms with van der Waals surface area (Å²) < 4.78 is 0. The second kappa shape index (κ2) is 5.82. The van der Waals surface area contributed by atoms with E-state index in [0.29, 0.717) is 12.6 Å². The van der Waals surface area contributed by atoms with Gasteiger partial charge in [-0.15, -0.1) is 0 Å². The molecule has 5 heteroatoms. The molecule has 18 heavy (non-hydrogen) atoms. The predicted molar refractivity (Wildman–Crippen MR) is 69.8 cm³/mol. The summed E-state index contributed by atoms with van der Waals surface area (Å²) >= 11 is 0. The van der Waals surface area contributed by atoms with Crippen molar-refractivity contribution in [1.29, 1.82) is 0 Å².